The lowest BCUT2D eigenvalue weighted by molar-refractivity contribution is 0.0976. The van der Waals surface area contributed by atoms with Crippen molar-refractivity contribution in [1.82, 2.24) is 25.3 Å². The summed E-state index contributed by atoms with van der Waals surface area (Å²) in [6.07, 6.45) is 5.16. The van der Waals surface area contributed by atoms with Crippen LogP contribution in [0.25, 0.3) is 11.0 Å². The highest BCUT2D eigenvalue weighted by atomic mass is 16.1. The summed E-state index contributed by atoms with van der Waals surface area (Å²) in [5, 5.41) is 9.20. The topological polar surface area (TPSA) is 169 Å². The molecule has 0 aromatic carbocycles. The van der Waals surface area contributed by atoms with Crippen molar-refractivity contribution < 1.29 is 4.79 Å². The number of hydrogen-bond acceptors (Lipinski definition) is 7. The summed E-state index contributed by atoms with van der Waals surface area (Å²) in [5.74, 6) is 5.40. The SMILES string of the molecule is Cc1nc2cnc(N)c(C#Cc3cncc(C(=O)NC(N)=NC=N)c3)c2nc1C. The van der Waals surface area contributed by atoms with Crippen LogP contribution in [0.5, 0.6) is 0 Å². The molecule has 0 unspecified atom stereocenters. The summed E-state index contributed by atoms with van der Waals surface area (Å²) in [4.78, 5) is 32.8. The van der Waals surface area contributed by atoms with Crippen molar-refractivity contribution in [2.75, 3.05) is 5.73 Å². The average Bonchev–Trinajstić information content (AvgIpc) is 2.69. The average molecular weight is 387 g/mol. The Kier molecular flexibility index (Phi) is 5.41. The van der Waals surface area contributed by atoms with Gasteiger partial charge in [-0.05, 0) is 19.9 Å². The number of amides is 1. The first-order valence-electron chi connectivity index (χ1n) is 8.39. The van der Waals surface area contributed by atoms with Crippen molar-refractivity contribution >= 4 is 35.1 Å². The van der Waals surface area contributed by atoms with Crippen molar-refractivity contribution in [2.24, 2.45) is 10.7 Å². The summed E-state index contributed by atoms with van der Waals surface area (Å²) >= 11 is 0. The van der Waals surface area contributed by atoms with Crippen molar-refractivity contribution in [3.8, 4) is 11.8 Å². The minimum Gasteiger partial charge on any atom is -0.383 e. The standard InChI is InChI=1S/C19H17N9O/c1-10-11(2)27-16-14(17(21)24-8-15(16)26-10)4-3-12-5-13(7-23-6-12)18(29)28-19(22)25-9-20/h5-9H,1-2H3,(H2,21,24)(H4,20,22,25,28,29). The zero-order valence-electron chi connectivity index (χ0n) is 15.7. The molecule has 1 amide bonds. The molecule has 3 heterocycles. The maximum Gasteiger partial charge on any atom is 0.259 e. The van der Waals surface area contributed by atoms with Gasteiger partial charge in [0.25, 0.3) is 5.91 Å². The summed E-state index contributed by atoms with van der Waals surface area (Å²) < 4.78 is 0. The van der Waals surface area contributed by atoms with Crippen molar-refractivity contribution in [1.29, 1.82) is 5.41 Å². The van der Waals surface area contributed by atoms with Gasteiger partial charge < -0.3 is 11.5 Å². The molecular formula is C19H17N9O. The molecule has 144 valence electrons. The Morgan fingerprint density at radius 1 is 1.21 bits per heavy atom. The second kappa shape index (κ2) is 8.10. The van der Waals surface area contributed by atoms with Crippen LogP contribution in [0.1, 0.15) is 32.9 Å². The monoisotopic (exact) mass is 387 g/mol. The molecule has 10 heteroatoms. The molecule has 3 aromatic heterocycles. The Bertz CT molecular complexity index is 1220. The van der Waals surface area contributed by atoms with E-state index in [0.717, 1.165) is 17.7 Å². The number of aliphatic imine (C=N–C) groups is 1. The van der Waals surface area contributed by atoms with Gasteiger partial charge in [0.2, 0.25) is 5.96 Å². The second-order valence-electron chi connectivity index (χ2n) is 5.96. The van der Waals surface area contributed by atoms with Crippen LogP contribution in [-0.2, 0) is 0 Å². The number of nitrogens with one attached hydrogen (secondary N) is 2. The Morgan fingerprint density at radius 3 is 2.72 bits per heavy atom. The van der Waals surface area contributed by atoms with Gasteiger partial charge in [0.15, 0.2) is 0 Å². The van der Waals surface area contributed by atoms with E-state index in [-0.39, 0.29) is 17.3 Å². The highest BCUT2D eigenvalue weighted by Gasteiger charge is 2.10. The predicted octanol–water partition coefficient (Wildman–Crippen LogP) is 0.670. The first-order chi connectivity index (χ1) is 13.9. The molecule has 0 bridgehead atoms. The number of nitrogen functional groups attached to an aromatic ring is 1. The molecule has 3 aromatic rings. The number of anilines is 1. The quantitative estimate of drug-likeness (QED) is 0.284. The van der Waals surface area contributed by atoms with E-state index in [1.165, 1.54) is 12.4 Å². The fourth-order valence-electron chi connectivity index (χ4n) is 2.39. The molecular weight excluding hydrogens is 370 g/mol. The highest BCUT2D eigenvalue weighted by molar-refractivity contribution is 6.06. The number of pyridine rings is 2. The summed E-state index contributed by atoms with van der Waals surface area (Å²) in [6.45, 7) is 3.72. The van der Waals surface area contributed by atoms with Gasteiger partial charge in [-0.2, -0.15) is 0 Å². The minimum atomic E-state index is -0.521. The van der Waals surface area contributed by atoms with Crippen LogP contribution in [0.15, 0.2) is 29.6 Å². The van der Waals surface area contributed by atoms with E-state index in [2.05, 4.69) is 42.1 Å². The molecule has 0 saturated carbocycles. The van der Waals surface area contributed by atoms with Crippen LogP contribution in [0.4, 0.5) is 5.82 Å². The molecule has 10 nitrogen and oxygen atoms in total. The van der Waals surface area contributed by atoms with Gasteiger partial charge in [-0.25, -0.2) is 19.9 Å². The van der Waals surface area contributed by atoms with E-state index in [1.807, 2.05) is 13.8 Å². The summed E-state index contributed by atoms with van der Waals surface area (Å²) in [6, 6.07) is 1.54. The minimum absolute atomic E-state index is 0.194. The number of rotatable bonds is 2. The molecule has 0 spiro atoms. The van der Waals surface area contributed by atoms with Gasteiger partial charge in [-0.1, -0.05) is 11.8 Å². The Hall–Kier alpha value is -4.39. The number of aryl methyl sites for hydroxylation is 2. The van der Waals surface area contributed by atoms with Crippen LogP contribution >= 0.6 is 0 Å². The van der Waals surface area contributed by atoms with Gasteiger partial charge >= 0.3 is 0 Å². The van der Waals surface area contributed by atoms with Crippen LogP contribution < -0.4 is 16.8 Å². The molecule has 6 N–H and O–H groups in total. The Balaban J connectivity index is 1.98. The number of nitrogens with two attached hydrogens (primary N) is 2. The molecule has 3 rings (SSSR count). The van der Waals surface area contributed by atoms with Crippen LogP contribution in [-0.4, -0.2) is 38.1 Å². The van der Waals surface area contributed by atoms with Crippen LogP contribution in [0, 0.1) is 31.1 Å². The zero-order valence-corrected chi connectivity index (χ0v) is 15.7. The lowest BCUT2D eigenvalue weighted by atomic mass is 10.1. The molecule has 0 atom stereocenters. The van der Waals surface area contributed by atoms with Gasteiger partial charge in [0.05, 0.1) is 28.7 Å². The van der Waals surface area contributed by atoms with Crippen molar-refractivity contribution in [2.45, 2.75) is 13.8 Å². The summed E-state index contributed by atoms with van der Waals surface area (Å²) in [5.41, 5.74) is 15.4. The van der Waals surface area contributed by atoms with E-state index < -0.39 is 5.91 Å². The number of hydrogen-bond donors (Lipinski definition) is 4. The smallest absolute Gasteiger partial charge is 0.259 e. The largest absolute Gasteiger partial charge is 0.383 e. The van der Waals surface area contributed by atoms with Gasteiger partial charge in [0, 0.05) is 18.0 Å². The molecule has 29 heavy (non-hydrogen) atoms. The Labute approximate surface area is 166 Å². The number of aromatic nitrogens is 4. The number of fused-ring (bicyclic) bond motifs is 1. The zero-order chi connectivity index (χ0) is 21.0. The van der Waals surface area contributed by atoms with Gasteiger partial charge in [-0.15, -0.1) is 0 Å². The molecule has 0 aliphatic heterocycles. The van der Waals surface area contributed by atoms with E-state index in [4.69, 9.17) is 16.9 Å². The van der Waals surface area contributed by atoms with Gasteiger partial charge in [-0.3, -0.25) is 20.5 Å². The number of carbonyl (C=O) groups excluding carboxylic acids is 1. The van der Waals surface area contributed by atoms with Crippen LogP contribution in [0.2, 0.25) is 0 Å². The van der Waals surface area contributed by atoms with Crippen molar-refractivity contribution in [3.63, 3.8) is 0 Å². The highest BCUT2D eigenvalue weighted by Crippen LogP contribution is 2.19. The van der Waals surface area contributed by atoms with E-state index in [1.54, 1.807) is 12.3 Å². The first kappa shape index (κ1) is 19.4. The first-order valence-corrected chi connectivity index (χ1v) is 8.39. The molecule has 0 aliphatic carbocycles. The van der Waals surface area contributed by atoms with Crippen LogP contribution in [0.3, 0.4) is 0 Å². The molecule has 0 saturated heterocycles. The molecule has 0 radical (unpaired) electrons. The maximum absolute atomic E-state index is 12.2. The number of nitrogens with zero attached hydrogens (tertiary/aromatic N) is 5. The van der Waals surface area contributed by atoms with Gasteiger partial charge in [0.1, 0.15) is 23.2 Å². The summed E-state index contributed by atoms with van der Waals surface area (Å²) in [7, 11) is 0. The Morgan fingerprint density at radius 2 is 1.97 bits per heavy atom. The predicted molar refractivity (Wildman–Crippen MR) is 109 cm³/mol. The van der Waals surface area contributed by atoms with E-state index in [9.17, 15) is 4.79 Å². The lowest BCUT2D eigenvalue weighted by Crippen LogP contribution is -2.36. The van der Waals surface area contributed by atoms with E-state index in [0.29, 0.717) is 22.2 Å². The molecule has 0 aliphatic rings. The van der Waals surface area contributed by atoms with E-state index >= 15 is 0 Å². The normalized spacial score (nSPS) is 10.9. The third-order valence-corrected chi connectivity index (χ3v) is 3.93. The maximum atomic E-state index is 12.2. The lowest BCUT2D eigenvalue weighted by Gasteiger charge is -2.05. The number of carbonyl (C=O) groups is 1. The third-order valence-electron chi connectivity index (χ3n) is 3.93. The third kappa shape index (κ3) is 4.30. The number of guanidine groups is 1. The van der Waals surface area contributed by atoms with Crippen molar-refractivity contribution in [3.05, 3.63) is 52.7 Å². The molecule has 0 fully saturated rings. The fraction of sp³-hybridized carbons (Fsp3) is 0.105. The fourth-order valence-corrected chi connectivity index (χ4v) is 2.39. The second-order valence-corrected chi connectivity index (χ2v) is 5.96.